The van der Waals surface area contributed by atoms with Crippen LogP contribution in [0.4, 0.5) is 5.69 Å². The van der Waals surface area contributed by atoms with Crippen molar-refractivity contribution in [2.75, 3.05) is 6.61 Å². The summed E-state index contributed by atoms with van der Waals surface area (Å²) in [6.07, 6.45) is 0.860. The molecule has 0 fully saturated rings. The second-order valence-electron chi connectivity index (χ2n) is 7.74. The molecule has 1 unspecified atom stereocenters. The number of fused-ring (bicyclic) bond motifs is 1. The molecule has 0 amide bonds. The van der Waals surface area contributed by atoms with Crippen molar-refractivity contribution in [2.24, 2.45) is 5.73 Å². The molecule has 1 heterocycles. The van der Waals surface area contributed by atoms with Crippen LogP contribution < -0.4 is 19.9 Å². The highest BCUT2D eigenvalue weighted by Gasteiger charge is 2.31. The number of hydrogen-bond donors (Lipinski definition) is 1. The summed E-state index contributed by atoms with van der Waals surface area (Å²) in [4.78, 5) is 23.0. The molecule has 0 aliphatic carbocycles. The predicted octanol–water partition coefficient (Wildman–Crippen LogP) is 4.82. The number of carbonyl (C=O) groups is 1. The molecule has 3 aromatic rings. The molecular formula is C26H21N3O6. The first-order valence-corrected chi connectivity index (χ1v) is 10.8. The molecule has 3 aromatic carbocycles. The number of nitro groups is 1. The van der Waals surface area contributed by atoms with Crippen molar-refractivity contribution >= 4 is 11.7 Å². The van der Waals surface area contributed by atoms with E-state index in [2.05, 4.69) is 6.07 Å². The van der Waals surface area contributed by atoms with Gasteiger partial charge in [-0.05, 0) is 36.2 Å². The first-order valence-electron chi connectivity index (χ1n) is 10.8. The van der Waals surface area contributed by atoms with Gasteiger partial charge in [0, 0.05) is 23.8 Å². The number of ether oxygens (including phenoxy) is 3. The molecule has 176 valence electrons. The van der Waals surface area contributed by atoms with Crippen molar-refractivity contribution in [2.45, 2.75) is 19.3 Å². The van der Waals surface area contributed by atoms with E-state index in [0.717, 1.165) is 18.1 Å². The molecular weight excluding hydrogens is 450 g/mol. The highest BCUT2D eigenvalue weighted by molar-refractivity contribution is 5.91. The van der Waals surface area contributed by atoms with E-state index >= 15 is 0 Å². The zero-order chi connectivity index (χ0) is 24.9. The minimum Gasteiger partial charge on any atom is -0.494 e. The monoisotopic (exact) mass is 471 g/mol. The second-order valence-corrected chi connectivity index (χ2v) is 7.74. The quantitative estimate of drug-likeness (QED) is 0.224. The Labute approximate surface area is 201 Å². The molecule has 0 saturated carbocycles. The summed E-state index contributed by atoms with van der Waals surface area (Å²) in [5, 5.41) is 20.8. The first-order chi connectivity index (χ1) is 16.9. The Bertz CT molecular complexity index is 1380. The Balaban J connectivity index is 1.66. The second kappa shape index (κ2) is 9.97. The molecule has 9 heteroatoms. The van der Waals surface area contributed by atoms with Gasteiger partial charge in [0.25, 0.3) is 5.69 Å². The number of non-ortho nitro benzene ring substituents is 1. The average molecular weight is 471 g/mol. The number of carbonyl (C=O) groups excluding carboxylic acids is 1. The molecule has 0 aromatic heterocycles. The lowest BCUT2D eigenvalue weighted by atomic mass is 9.83. The molecule has 1 aliphatic heterocycles. The molecule has 0 bridgehead atoms. The first kappa shape index (κ1) is 23.3. The summed E-state index contributed by atoms with van der Waals surface area (Å²) < 4.78 is 16.8. The number of allylic oxidation sites excluding steroid dienone is 1. The van der Waals surface area contributed by atoms with Gasteiger partial charge in [-0.25, -0.2) is 4.79 Å². The lowest BCUT2D eigenvalue weighted by Crippen LogP contribution is -2.21. The molecule has 2 N–H and O–H groups in total. The molecule has 35 heavy (non-hydrogen) atoms. The normalized spacial score (nSPS) is 14.3. The van der Waals surface area contributed by atoms with Crippen LogP contribution in [0.2, 0.25) is 0 Å². The van der Waals surface area contributed by atoms with Crippen LogP contribution in [-0.2, 0) is 0 Å². The topological polar surface area (TPSA) is 138 Å². The summed E-state index contributed by atoms with van der Waals surface area (Å²) in [5.74, 6) is -0.149. The van der Waals surface area contributed by atoms with Crippen molar-refractivity contribution in [3.63, 3.8) is 0 Å². The Kier molecular flexibility index (Phi) is 6.64. The maximum Gasteiger partial charge on any atom is 0.343 e. The molecule has 1 aliphatic rings. The van der Waals surface area contributed by atoms with Crippen molar-refractivity contribution in [3.05, 3.63) is 105 Å². The van der Waals surface area contributed by atoms with Crippen LogP contribution in [0.3, 0.4) is 0 Å². The average Bonchev–Trinajstić information content (AvgIpc) is 2.86. The van der Waals surface area contributed by atoms with E-state index < -0.39 is 16.8 Å². The number of rotatable bonds is 7. The van der Waals surface area contributed by atoms with Crippen LogP contribution in [-0.4, -0.2) is 17.5 Å². The summed E-state index contributed by atoms with van der Waals surface area (Å²) in [5.41, 5.74) is 7.60. The number of nitrogens with zero attached hydrogens (tertiary/aromatic N) is 2. The van der Waals surface area contributed by atoms with E-state index in [1.54, 1.807) is 12.1 Å². The van der Waals surface area contributed by atoms with Crippen LogP contribution in [0, 0.1) is 21.4 Å². The third-order valence-corrected chi connectivity index (χ3v) is 5.36. The predicted molar refractivity (Wildman–Crippen MR) is 126 cm³/mol. The van der Waals surface area contributed by atoms with Gasteiger partial charge in [-0.15, -0.1) is 0 Å². The van der Waals surface area contributed by atoms with Crippen molar-refractivity contribution in [3.8, 4) is 23.3 Å². The van der Waals surface area contributed by atoms with Gasteiger partial charge in [0.15, 0.2) is 0 Å². The third-order valence-electron chi connectivity index (χ3n) is 5.36. The van der Waals surface area contributed by atoms with Crippen molar-refractivity contribution < 1.29 is 23.9 Å². The molecule has 1 atom stereocenters. The van der Waals surface area contributed by atoms with E-state index in [0.29, 0.717) is 23.7 Å². The number of nitro benzene ring substituents is 1. The Morgan fingerprint density at radius 2 is 1.94 bits per heavy atom. The van der Waals surface area contributed by atoms with Gasteiger partial charge in [-0.3, -0.25) is 10.1 Å². The standard InChI is InChI=1S/C26H21N3O6/c1-2-11-33-19-8-4-5-16(13-19)24-21-10-9-20(14-23(21)35-25(28)22(24)15-27)34-26(30)17-6-3-7-18(12-17)29(31)32/h3-10,12-14,24H,2,11,28H2,1H3. The van der Waals surface area contributed by atoms with Gasteiger partial charge in [-0.2, -0.15) is 5.26 Å². The summed E-state index contributed by atoms with van der Waals surface area (Å²) in [6, 6.07) is 19.6. The summed E-state index contributed by atoms with van der Waals surface area (Å²) in [7, 11) is 0. The van der Waals surface area contributed by atoms with E-state index in [1.807, 2.05) is 31.2 Å². The van der Waals surface area contributed by atoms with Gasteiger partial charge in [0.05, 0.1) is 23.0 Å². The SMILES string of the molecule is CCCOc1cccc(C2C(C#N)=C(N)Oc3cc(OC(=O)c4cccc([N+](=O)[O-])c4)ccc32)c1. The van der Waals surface area contributed by atoms with Gasteiger partial charge in [-0.1, -0.05) is 31.2 Å². The smallest absolute Gasteiger partial charge is 0.343 e. The zero-order valence-corrected chi connectivity index (χ0v) is 18.8. The number of hydrogen-bond acceptors (Lipinski definition) is 8. The Morgan fingerprint density at radius 1 is 1.14 bits per heavy atom. The zero-order valence-electron chi connectivity index (χ0n) is 18.8. The van der Waals surface area contributed by atoms with Crippen molar-refractivity contribution in [1.29, 1.82) is 5.26 Å². The van der Waals surface area contributed by atoms with Crippen LogP contribution in [0.1, 0.15) is 40.7 Å². The lowest BCUT2D eigenvalue weighted by Gasteiger charge is -2.27. The van der Waals surface area contributed by atoms with E-state index in [1.165, 1.54) is 24.3 Å². The molecule has 0 radical (unpaired) electrons. The number of esters is 1. The molecule has 9 nitrogen and oxygen atoms in total. The van der Waals surface area contributed by atoms with Crippen LogP contribution in [0.15, 0.2) is 78.2 Å². The highest BCUT2D eigenvalue weighted by atomic mass is 16.6. The number of benzene rings is 3. The van der Waals surface area contributed by atoms with E-state index in [9.17, 15) is 20.2 Å². The molecule has 0 saturated heterocycles. The third kappa shape index (κ3) is 4.91. The maximum absolute atomic E-state index is 12.6. The van der Waals surface area contributed by atoms with Crippen LogP contribution in [0.25, 0.3) is 0 Å². The fourth-order valence-corrected chi connectivity index (χ4v) is 3.76. The Hall–Kier alpha value is -4.84. The largest absolute Gasteiger partial charge is 0.494 e. The number of nitrogens with two attached hydrogens (primary N) is 1. The molecule has 0 spiro atoms. The van der Waals surface area contributed by atoms with Gasteiger partial charge < -0.3 is 19.9 Å². The summed E-state index contributed by atoms with van der Waals surface area (Å²) in [6.45, 7) is 2.58. The lowest BCUT2D eigenvalue weighted by molar-refractivity contribution is -0.384. The van der Waals surface area contributed by atoms with E-state index in [-0.39, 0.29) is 28.5 Å². The van der Waals surface area contributed by atoms with E-state index in [4.69, 9.17) is 19.9 Å². The van der Waals surface area contributed by atoms with Crippen LogP contribution in [0.5, 0.6) is 17.2 Å². The minimum absolute atomic E-state index is 0.0331. The molecule has 4 rings (SSSR count). The highest BCUT2D eigenvalue weighted by Crippen LogP contribution is 2.44. The van der Waals surface area contributed by atoms with Gasteiger partial charge in [0.1, 0.15) is 28.9 Å². The number of nitriles is 1. The minimum atomic E-state index is -0.761. The Morgan fingerprint density at radius 3 is 2.69 bits per heavy atom. The van der Waals surface area contributed by atoms with Gasteiger partial charge >= 0.3 is 5.97 Å². The maximum atomic E-state index is 12.6. The van der Waals surface area contributed by atoms with Crippen molar-refractivity contribution in [1.82, 2.24) is 0 Å². The fraction of sp³-hybridized carbons (Fsp3) is 0.154. The summed E-state index contributed by atoms with van der Waals surface area (Å²) >= 11 is 0. The van der Waals surface area contributed by atoms with Crippen LogP contribution >= 0.6 is 0 Å². The van der Waals surface area contributed by atoms with Gasteiger partial charge in [0.2, 0.25) is 5.88 Å². The fourth-order valence-electron chi connectivity index (χ4n) is 3.76.